The number of hydrogen-bond acceptors (Lipinski definition) is 6. The molecule has 0 bridgehead atoms. The average molecular weight is 255 g/mol. The maximum absolute atomic E-state index is 10.7. The highest BCUT2D eigenvalue weighted by Crippen LogP contribution is 2.37. The minimum Gasteiger partial charge on any atom is -0.406 e. The topological polar surface area (TPSA) is 157 Å². The van der Waals surface area contributed by atoms with E-state index in [1.54, 1.807) is 0 Å². The third kappa shape index (κ3) is 3.56. The first-order chi connectivity index (χ1) is 8.40. The third-order valence-corrected chi connectivity index (χ3v) is 1.57. The lowest BCUT2D eigenvalue weighted by Gasteiger charge is -2.11. The van der Waals surface area contributed by atoms with Gasteiger partial charge in [-0.2, -0.15) is 0 Å². The van der Waals surface area contributed by atoms with Crippen molar-refractivity contribution in [3.05, 3.63) is 18.2 Å². The highest BCUT2D eigenvalue weighted by Gasteiger charge is 2.18. The highest BCUT2D eigenvalue weighted by atomic mass is 16.6. The number of nitrogens with two attached hydrogens (primary N) is 3. The lowest BCUT2D eigenvalue weighted by atomic mass is 10.3. The molecular weight excluding hydrogens is 246 g/mol. The molecule has 6 N–H and O–H groups in total. The van der Waals surface area contributed by atoms with Crippen molar-refractivity contribution in [3.8, 4) is 17.2 Å². The molecule has 18 heavy (non-hydrogen) atoms. The van der Waals surface area contributed by atoms with Crippen LogP contribution in [0.5, 0.6) is 17.2 Å². The van der Waals surface area contributed by atoms with E-state index in [0.29, 0.717) is 0 Å². The predicted molar refractivity (Wildman–Crippen MR) is 57.1 cm³/mol. The van der Waals surface area contributed by atoms with Crippen molar-refractivity contribution in [3.63, 3.8) is 0 Å². The van der Waals surface area contributed by atoms with E-state index in [4.69, 9.17) is 17.2 Å². The first kappa shape index (κ1) is 13.1. The van der Waals surface area contributed by atoms with Crippen LogP contribution in [0.3, 0.4) is 0 Å². The molecule has 0 spiro atoms. The molecule has 96 valence electrons. The summed E-state index contributed by atoms with van der Waals surface area (Å²) in [6.07, 6.45) is -3.51. The molecule has 1 aromatic carbocycles. The molecule has 0 unspecified atom stereocenters. The molecule has 9 heteroatoms. The SMILES string of the molecule is NC(=O)Oc1cccc(OC(N)=O)c1OC(N)=O. The van der Waals surface area contributed by atoms with Crippen LogP contribution >= 0.6 is 0 Å². The number of amides is 3. The molecule has 0 fully saturated rings. The van der Waals surface area contributed by atoms with E-state index in [2.05, 4.69) is 14.2 Å². The molecule has 0 atom stereocenters. The van der Waals surface area contributed by atoms with Gasteiger partial charge in [0.1, 0.15) is 0 Å². The van der Waals surface area contributed by atoms with Gasteiger partial charge in [-0.3, -0.25) is 0 Å². The summed E-state index contributed by atoms with van der Waals surface area (Å²) in [5, 5.41) is 0. The monoisotopic (exact) mass is 255 g/mol. The number of carbonyl (C=O) groups is 3. The van der Waals surface area contributed by atoms with Gasteiger partial charge in [-0.25, -0.2) is 14.4 Å². The van der Waals surface area contributed by atoms with Gasteiger partial charge in [0.2, 0.25) is 5.75 Å². The molecule has 9 nitrogen and oxygen atoms in total. The second-order valence-corrected chi connectivity index (χ2v) is 2.85. The second kappa shape index (κ2) is 5.39. The normalized spacial score (nSPS) is 9.33. The van der Waals surface area contributed by atoms with Crippen molar-refractivity contribution < 1.29 is 28.6 Å². The molecule has 1 aromatic rings. The van der Waals surface area contributed by atoms with Crippen molar-refractivity contribution >= 4 is 18.3 Å². The maximum Gasteiger partial charge on any atom is 0.410 e. The van der Waals surface area contributed by atoms with Crippen LogP contribution in [0, 0.1) is 0 Å². The van der Waals surface area contributed by atoms with Crippen LogP contribution in [0.4, 0.5) is 14.4 Å². The van der Waals surface area contributed by atoms with Crippen molar-refractivity contribution in [2.24, 2.45) is 17.2 Å². The molecule has 0 radical (unpaired) electrons. The molecule has 1 rings (SSSR count). The zero-order valence-corrected chi connectivity index (χ0v) is 8.91. The second-order valence-electron chi connectivity index (χ2n) is 2.85. The Morgan fingerprint density at radius 3 is 1.50 bits per heavy atom. The zero-order chi connectivity index (χ0) is 13.7. The summed E-state index contributed by atoms with van der Waals surface area (Å²) < 4.78 is 13.6. The van der Waals surface area contributed by atoms with Crippen LogP contribution in [0.25, 0.3) is 0 Å². The standard InChI is InChI=1S/C9H9N3O6/c10-7(13)16-4-2-1-3-5(17-8(11)14)6(4)18-9(12)15/h1-3H,(H2,10,13)(H2,11,14)(H2,12,15). The minimum absolute atomic E-state index is 0.250. The number of primary amides is 3. The van der Waals surface area contributed by atoms with Crippen LogP contribution in [0.15, 0.2) is 18.2 Å². The molecule has 0 aliphatic rings. The first-order valence-corrected chi connectivity index (χ1v) is 4.45. The van der Waals surface area contributed by atoms with Crippen molar-refractivity contribution in [1.29, 1.82) is 0 Å². The summed E-state index contributed by atoms with van der Waals surface area (Å²) in [4.78, 5) is 32.0. The van der Waals surface area contributed by atoms with Crippen LogP contribution in [0.2, 0.25) is 0 Å². The Labute approximate surface area is 100 Å². The molecule has 0 aliphatic heterocycles. The molecule has 0 aliphatic carbocycles. The van der Waals surface area contributed by atoms with Gasteiger partial charge < -0.3 is 31.4 Å². The zero-order valence-electron chi connectivity index (χ0n) is 8.91. The van der Waals surface area contributed by atoms with E-state index in [0.717, 1.165) is 0 Å². The van der Waals surface area contributed by atoms with Gasteiger partial charge >= 0.3 is 18.3 Å². The number of benzene rings is 1. The quantitative estimate of drug-likeness (QED) is 0.692. The van der Waals surface area contributed by atoms with E-state index in [1.807, 2.05) is 0 Å². The van der Waals surface area contributed by atoms with E-state index in [-0.39, 0.29) is 17.2 Å². The summed E-state index contributed by atoms with van der Waals surface area (Å²) in [5.41, 5.74) is 14.4. The predicted octanol–water partition coefficient (Wildman–Crippen LogP) is 0.0591. The fraction of sp³-hybridized carbons (Fsp3) is 0. The van der Waals surface area contributed by atoms with Gasteiger partial charge in [0.25, 0.3) is 0 Å². The lowest BCUT2D eigenvalue weighted by Crippen LogP contribution is -2.22. The molecule has 0 saturated heterocycles. The summed E-state index contributed by atoms with van der Waals surface area (Å²) in [7, 11) is 0. The number of rotatable bonds is 3. The number of para-hydroxylation sites is 1. The third-order valence-electron chi connectivity index (χ3n) is 1.57. The summed E-state index contributed by atoms with van der Waals surface area (Å²) in [5.74, 6) is -0.886. The van der Waals surface area contributed by atoms with Gasteiger partial charge in [0.05, 0.1) is 0 Å². The van der Waals surface area contributed by atoms with Crippen molar-refractivity contribution in [2.45, 2.75) is 0 Å². The van der Waals surface area contributed by atoms with E-state index in [9.17, 15) is 14.4 Å². The van der Waals surface area contributed by atoms with Crippen molar-refractivity contribution in [2.75, 3.05) is 0 Å². The highest BCUT2D eigenvalue weighted by molar-refractivity contribution is 5.76. The molecule has 3 amide bonds. The van der Waals surface area contributed by atoms with E-state index in [1.165, 1.54) is 18.2 Å². The van der Waals surface area contributed by atoms with Gasteiger partial charge in [-0.05, 0) is 12.1 Å². The Bertz CT molecular complexity index is 467. The minimum atomic E-state index is -1.20. The Kier molecular flexibility index (Phi) is 3.92. The van der Waals surface area contributed by atoms with E-state index < -0.39 is 18.3 Å². The summed E-state index contributed by atoms with van der Waals surface area (Å²) in [6.45, 7) is 0. The van der Waals surface area contributed by atoms with Crippen LogP contribution in [-0.4, -0.2) is 18.3 Å². The van der Waals surface area contributed by atoms with Gasteiger partial charge in [-0.1, -0.05) is 6.07 Å². The molecule has 0 aromatic heterocycles. The largest absolute Gasteiger partial charge is 0.410 e. The van der Waals surface area contributed by atoms with Crippen LogP contribution in [-0.2, 0) is 0 Å². The van der Waals surface area contributed by atoms with Gasteiger partial charge in [-0.15, -0.1) is 0 Å². The van der Waals surface area contributed by atoms with E-state index >= 15 is 0 Å². The number of hydrogen-bond donors (Lipinski definition) is 3. The Morgan fingerprint density at radius 1 is 0.778 bits per heavy atom. The fourth-order valence-corrected chi connectivity index (χ4v) is 1.07. The van der Waals surface area contributed by atoms with Crippen LogP contribution in [0.1, 0.15) is 0 Å². The smallest absolute Gasteiger partial charge is 0.406 e. The first-order valence-electron chi connectivity index (χ1n) is 4.45. The number of carbonyl (C=O) groups excluding carboxylic acids is 3. The van der Waals surface area contributed by atoms with Crippen LogP contribution < -0.4 is 31.4 Å². The Morgan fingerprint density at radius 2 is 1.17 bits per heavy atom. The van der Waals surface area contributed by atoms with Gasteiger partial charge in [0.15, 0.2) is 11.5 Å². The average Bonchev–Trinajstić information content (AvgIpc) is 2.20. The van der Waals surface area contributed by atoms with Gasteiger partial charge in [0, 0.05) is 0 Å². The summed E-state index contributed by atoms with van der Waals surface area (Å²) in [6, 6.07) is 3.85. The fourth-order valence-electron chi connectivity index (χ4n) is 1.07. The lowest BCUT2D eigenvalue weighted by molar-refractivity contribution is 0.194. The molecule has 0 heterocycles. The maximum atomic E-state index is 10.7. The Balaban J connectivity index is 3.19. The number of ether oxygens (including phenoxy) is 3. The Hall–Kier alpha value is -2.97. The van der Waals surface area contributed by atoms with Crippen molar-refractivity contribution in [1.82, 2.24) is 0 Å². The molecule has 0 saturated carbocycles. The summed E-state index contributed by atoms with van der Waals surface area (Å²) >= 11 is 0. The molecular formula is C9H9N3O6.